The molecule has 3 atom stereocenters. The summed E-state index contributed by atoms with van der Waals surface area (Å²) in [4.78, 5) is 54.8. The van der Waals surface area contributed by atoms with E-state index in [0.717, 1.165) is 17.5 Å². The summed E-state index contributed by atoms with van der Waals surface area (Å²) in [6, 6.07) is 3.59. The number of aryl methyl sites for hydroxylation is 2. The molecule has 9 nitrogen and oxygen atoms in total. The van der Waals surface area contributed by atoms with E-state index in [0.29, 0.717) is 17.9 Å². The van der Waals surface area contributed by atoms with E-state index < -0.39 is 35.7 Å². The van der Waals surface area contributed by atoms with E-state index >= 15 is 0 Å². The van der Waals surface area contributed by atoms with Gasteiger partial charge >= 0.3 is 12.1 Å². The van der Waals surface area contributed by atoms with Crippen LogP contribution in [0.5, 0.6) is 0 Å². The quantitative estimate of drug-likeness (QED) is 0.279. The van der Waals surface area contributed by atoms with Gasteiger partial charge in [-0.2, -0.15) is 0 Å². The number of hydrogen-bond donors (Lipinski definition) is 2. The monoisotopic (exact) mass is 575 g/mol. The molecular formula is C32H53N3O6. The zero-order valence-corrected chi connectivity index (χ0v) is 27.1. The molecule has 0 aliphatic rings. The van der Waals surface area contributed by atoms with Crippen molar-refractivity contribution in [1.29, 1.82) is 0 Å². The molecule has 9 heteroatoms. The fourth-order valence-corrected chi connectivity index (χ4v) is 4.51. The Morgan fingerprint density at radius 1 is 0.976 bits per heavy atom. The number of alkyl carbamates (subject to hydrolysis) is 1. The molecule has 0 aromatic heterocycles. The summed E-state index contributed by atoms with van der Waals surface area (Å²) in [6.07, 6.45) is 0.838. The Morgan fingerprint density at radius 2 is 1.61 bits per heavy atom. The largest absolute Gasteiger partial charge is 0.466 e. The molecule has 1 aromatic carbocycles. The average Bonchev–Trinajstić information content (AvgIpc) is 2.84. The van der Waals surface area contributed by atoms with Crippen LogP contribution < -0.4 is 10.6 Å². The van der Waals surface area contributed by atoms with Crippen molar-refractivity contribution in [3.05, 3.63) is 34.9 Å². The van der Waals surface area contributed by atoms with Crippen molar-refractivity contribution < 1.29 is 28.7 Å². The van der Waals surface area contributed by atoms with E-state index in [1.54, 1.807) is 32.6 Å². The molecule has 41 heavy (non-hydrogen) atoms. The fourth-order valence-electron chi connectivity index (χ4n) is 4.51. The van der Waals surface area contributed by atoms with Gasteiger partial charge in [-0.05, 0) is 84.3 Å². The van der Waals surface area contributed by atoms with Crippen LogP contribution in [0.15, 0.2) is 18.2 Å². The highest BCUT2D eigenvalue weighted by Gasteiger charge is 2.40. The van der Waals surface area contributed by atoms with Crippen LogP contribution in [0.4, 0.5) is 4.79 Å². The summed E-state index contributed by atoms with van der Waals surface area (Å²) in [5.41, 5.74) is 1.77. The summed E-state index contributed by atoms with van der Waals surface area (Å²) in [7, 11) is 0. The maximum Gasteiger partial charge on any atom is 0.408 e. The van der Waals surface area contributed by atoms with Crippen LogP contribution in [-0.2, 0) is 23.9 Å². The predicted molar refractivity (Wildman–Crippen MR) is 161 cm³/mol. The first-order chi connectivity index (χ1) is 19.0. The van der Waals surface area contributed by atoms with Crippen LogP contribution in [0.3, 0.4) is 0 Å². The van der Waals surface area contributed by atoms with Gasteiger partial charge in [0, 0.05) is 12.6 Å². The Bertz CT molecular complexity index is 1030. The SMILES string of the molecule is CCOC(=O)CCNC(=O)C(c1cc(C)ccc1C)N(C(=O)C(NC(=O)OC(C)(C)C)C(C)C)C(C)CCC(C)C. The lowest BCUT2D eigenvalue weighted by Gasteiger charge is -2.40. The fraction of sp³-hybridized carbons (Fsp3) is 0.688. The van der Waals surface area contributed by atoms with Crippen molar-refractivity contribution in [2.75, 3.05) is 13.2 Å². The second kappa shape index (κ2) is 16.4. The Morgan fingerprint density at radius 3 is 2.15 bits per heavy atom. The minimum absolute atomic E-state index is 0.0186. The van der Waals surface area contributed by atoms with E-state index in [1.807, 2.05) is 52.8 Å². The van der Waals surface area contributed by atoms with Gasteiger partial charge in [-0.1, -0.05) is 51.5 Å². The number of carbonyl (C=O) groups is 4. The highest BCUT2D eigenvalue weighted by atomic mass is 16.6. The van der Waals surface area contributed by atoms with Gasteiger partial charge in [-0.3, -0.25) is 14.4 Å². The van der Waals surface area contributed by atoms with E-state index in [2.05, 4.69) is 24.5 Å². The summed E-state index contributed by atoms with van der Waals surface area (Å²) < 4.78 is 10.5. The molecule has 0 saturated heterocycles. The maximum atomic E-state index is 14.5. The van der Waals surface area contributed by atoms with Crippen LogP contribution >= 0.6 is 0 Å². The van der Waals surface area contributed by atoms with Crippen molar-refractivity contribution in [3.63, 3.8) is 0 Å². The van der Waals surface area contributed by atoms with Gasteiger partial charge in [-0.25, -0.2) is 4.79 Å². The zero-order chi connectivity index (χ0) is 31.5. The van der Waals surface area contributed by atoms with Crippen molar-refractivity contribution in [3.8, 4) is 0 Å². The molecule has 1 rings (SSSR count). The third-order valence-corrected chi connectivity index (χ3v) is 6.69. The molecule has 0 fully saturated rings. The number of nitrogens with zero attached hydrogens (tertiary/aromatic N) is 1. The molecule has 0 aliphatic heterocycles. The third kappa shape index (κ3) is 12.1. The predicted octanol–water partition coefficient (Wildman–Crippen LogP) is 5.62. The number of hydrogen-bond acceptors (Lipinski definition) is 6. The maximum absolute atomic E-state index is 14.5. The molecule has 3 amide bonds. The Hall–Kier alpha value is -3.10. The number of ether oxygens (including phenoxy) is 2. The zero-order valence-electron chi connectivity index (χ0n) is 27.1. The van der Waals surface area contributed by atoms with Gasteiger partial charge in [0.15, 0.2) is 0 Å². The smallest absolute Gasteiger partial charge is 0.408 e. The number of benzene rings is 1. The first kappa shape index (κ1) is 35.9. The second-order valence-corrected chi connectivity index (χ2v) is 12.5. The number of nitrogens with one attached hydrogen (secondary N) is 2. The minimum Gasteiger partial charge on any atom is -0.466 e. The molecule has 0 heterocycles. The molecule has 0 spiro atoms. The topological polar surface area (TPSA) is 114 Å². The lowest BCUT2D eigenvalue weighted by Crippen LogP contribution is -2.57. The number of rotatable bonds is 14. The Balaban J connectivity index is 3.63. The van der Waals surface area contributed by atoms with Crippen molar-refractivity contribution in [1.82, 2.24) is 15.5 Å². The number of amides is 3. The lowest BCUT2D eigenvalue weighted by atomic mass is 9.92. The number of esters is 1. The summed E-state index contributed by atoms with van der Waals surface area (Å²) in [5.74, 6) is -1.05. The normalized spacial score (nSPS) is 13.8. The highest BCUT2D eigenvalue weighted by molar-refractivity contribution is 5.93. The summed E-state index contributed by atoms with van der Waals surface area (Å²) >= 11 is 0. The van der Waals surface area contributed by atoms with Crippen molar-refractivity contribution >= 4 is 23.9 Å². The van der Waals surface area contributed by atoms with Crippen molar-refractivity contribution in [2.45, 2.75) is 119 Å². The molecule has 0 saturated carbocycles. The molecule has 1 aromatic rings. The molecule has 2 N–H and O–H groups in total. The molecule has 0 radical (unpaired) electrons. The molecule has 3 unspecified atom stereocenters. The molecule has 0 aliphatic carbocycles. The van der Waals surface area contributed by atoms with Crippen LogP contribution in [-0.4, -0.2) is 59.6 Å². The van der Waals surface area contributed by atoms with Crippen LogP contribution in [0.25, 0.3) is 0 Å². The third-order valence-electron chi connectivity index (χ3n) is 6.69. The van der Waals surface area contributed by atoms with E-state index in [-0.39, 0.29) is 37.4 Å². The summed E-state index contributed by atoms with van der Waals surface area (Å²) in [6.45, 7) is 21.1. The van der Waals surface area contributed by atoms with Gasteiger partial charge in [-0.15, -0.1) is 0 Å². The number of carbonyl (C=O) groups excluding carboxylic acids is 4. The molecule has 232 valence electrons. The highest BCUT2D eigenvalue weighted by Crippen LogP contribution is 2.31. The Labute approximate surface area is 247 Å². The average molecular weight is 576 g/mol. The Kier molecular flexibility index (Phi) is 14.3. The van der Waals surface area contributed by atoms with Gasteiger partial charge < -0.3 is 25.0 Å². The molecular weight excluding hydrogens is 522 g/mol. The van der Waals surface area contributed by atoms with Gasteiger partial charge in [0.25, 0.3) is 0 Å². The van der Waals surface area contributed by atoms with E-state index in [9.17, 15) is 19.2 Å². The van der Waals surface area contributed by atoms with Crippen LogP contribution in [0.1, 0.15) is 104 Å². The van der Waals surface area contributed by atoms with E-state index in [4.69, 9.17) is 9.47 Å². The van der Waals surface area contributed by atoms with E-state index in [1.165, 1.54) is 0 Å². The van der Waals surface area contributed by atoms with Gasteiger partial charge in [0.1, 0.15) is 17.7 Å². The minimum atomic E-state index is -0.978. The second-order valence-electron chi connectivity index (χ2n) is 12.5. The van der Waals surface area contributed by atoms with Crippen LogP contribution in [0.2, 0.25) is 0 Å². The lowest BCUT2D eigenvalue weighted by molar-refractivity contribution is -0.146. The van der Waals surface area contributed by atoms with Gasteiger partial charge in [0.05, 0.1) is 13.0 Å². The van der Waals surface area contributed by atoms with Crippen molar-refractivity contribution in [2.24, 2.45) is 11.8 Å². The summed E-state index contributed by atoms with van der Waals surface area (Å²) in [5, 5.41) is 5.64. The van der Waals surface area contributed by atoms with Crippen LogP contribution in [0, 0.1) is 25.7 Å². The van der Waals surface area contributed by atoms with Gasteiger partial charge in [0.2, 0.25) is 11.8 Å². The first-order valence-electron chi connectivity index (χ1n) is 14.8. The standard InChI is InChI=1S/C32H53N3O6/c1-12-40-26(36)17-18-33-29(37)28(25-19-22(6)14-15-23(25)7)35(24(8)16-13-20(2)3)30(38)27(21(4)5)34-31(39)41-32(9,10)11/h14-15,19-21,24,27-28H,12-13,16-18H2,1-11H3,(H,33,37)(H,34,39). The molecule has 0 bridgehead atoms. The first-order valence-corrected chi connectivity index (χ1v) is 14.8.